The van der Waals surface area contributed by atoms with E-state index >= 15 is 0 Å². The van der Waals surface area contributed by atoms with E-state index in [0.717, 1.165) is 37.2 Å². The van der Waals surface area contributed by atoms with Crippen LogP contribution < -0.4 is 0 Å². The molecule has 1 amide bonds. The summed E-state index contributed by atoms with van der Waals surface area (Å²) in [5, 5.41) is 4.50. The number of likely N-dealkylation sites (tertiary alicyclic amines) is 1. The molecule has 0 radical (unpaired) electrons. The fraction of sp³-hybridized carbons (Fsp3) is 0.476. The van der Waals surface area contributed by atoms with Crippen LogP contribution in [0.1, 0.15) is 52.6 Å². The number of carbonyl (C=O) groups is 2. The number of ether oxygens (including phenoxy) is 1. The maximum Gasteiger partial charge on any atom is 0.342 e. The van der Waals surface area contributed by atoms with Gasteiger partial charge in [-0.05, 0) is 46.1 Å². The highest BCUT2D eigenvalue weighted by molar-refractivity contribution is 5.94. The summed E-state index contributed by atoms with van der Waals surface area (Å²) in [5.41, 5.74) is 4.13. The van der Waals surface area contributed by atoms with Crippen molar-refractivity contribution in [1.29, 1.82) is 0 Å². The van der Waals surface area contributed by atoms with E-state index in [1.807, 2.05) is 18.5 Å². The number of aryl methyl sites for hydroxylation is 2. The van der Waals surface area contributed by atoms with Crippen molar-refractivity contribution in [1.82, 2.24) is 14.7 Å². The maximum absolute atomic E-state index is 12.7. The highest BCUT2D eigenvalue weighted by Crippen LogP contribution is 2.18. The van der Waals surface area contributed by atoms with E-state index in [1.54, 1.807) is 18.7 Å². The van der Waals surface area contributed by atoms with Crippen molar-refractivity contribution in [3.05, 3.63) is 52.3 Å². The Morgan fingerprint density at radius 2 is 1.74 bits per heavy atom. The fourth-order valence-corrected chi connectivity index (χ4v) is 3.48. The third-order valence-corrected chi connectivity index (χ3v) is 5.09. The highest BCUT2D eigenvalue weighted by Gasteiger charge is 2.28. The van der Waals surface area contributed by atoms with Gasteiger partial charge >= 0.3 is 5.97 Å². The minimum atomic E-state index is -0.783. The SMILES string of the molecule is Cc1ccc(Cn2nc(C)c(C(=O)O[C@@H](C)C(=O)N3CCCC3)c2C)cc1. The van der Waals surface area contributed by atoms with Gasteiger partial charge in [0.25, 0.3) is 5.91 Å². The van der Waals surface area contributed by atoms with Crippen molar-refractivity contribution in [2.24, 2.45) is 0 Å². The van der Waals surface area contributed by atoms with Gasteiger partial charge < -0.3 is 9.64 Å². The second kappa shape index (κ2) is 7.94. The number of amides is 1. The van der Waals surface area contributed by atoms with Crippen LogP contribution in [0.2, 0.25) is 0 Å². The molecule has 1 aromatic heterocycles. The molecule has 1 atom stereocenters. The zero-order valence-electron chi connectivity index (χ0n) is 16.5. The molecule has 1 fully saturated rings. The molecule has 6 nitrogen and oxygen atoms in total. The van der Waals surface area contributed by atoms with Gasteiger partial charge in [0, 0.05) is 13.1 Å². The second-order valence-corrected chi connectivity index (χ2v) is 7.27. The minimum absolute atomic E-state index is 0.122. The molecule has 144 valence electrons. The Labute approximate surface area is 160 Å². The Hall–Kier alpha value is -2.63. The summed E-state index contributed by atoms with van der Waals surface area (Å²) in [6.07, 6.45) is 1.24. The van der Waals surface area contributed by atoms with E-state index < -0.39 is 12.1 Å². The largest absolute Gasteiger partial charge is 0.449 e. The first-order valence-corrected chi connectivity index (χ1v) is 9.46. The fourth-order valence-electron chi connectivity index (χ4n) is 3.48. The van der Waals surface area contributed by atoms with E-state index in [2.05, 4.69) is 29.4 Å². The Balaban J connectivity index is 1.72. The van der Waals surface area contributed by atoms with Crippen molar-refractivity contribution >= 4 is 11.9 Å². The van der Waals surface area contributed by atoms with Gasteiger partial charge in [-0.25, -0.2) is 4.79 Å². The first-order chi connectivity index (χ1) is 12.9. The molecule has 1 aliphatic heterocycles. The number of benzene rings is 1. The van der Waals surface area contributed by atoms with Crippen LogP contribution in [0.4, 0.5) is 0 Å². The van der Waals surface area contributed by atoms with Crippen LogP contribution in [0.3, 0.4) is 0 Å². The van der Waals surface area contributed by atoms with Gasteiger partial charge in [-0.2, -0.15) is 5.10 Å². The Kier molecular flexibility index (Phi) is 5.63. The van der Waals surface area contributed by atoms with Crippen LogP contribution in [0, 0.1) is 20.8 Å². The standard InChI is InChI=1S/C21H27N3O3/c1-14-7-9-18(10-8-14)13-24-16(3)19(15(2)22-24)21(26)27-17(4)20(25)23-11-5-6-12-23/h7-10,17H,5-6,11-13H2,1-4H3/t17-/m0/s1. The van der Waals surface area contributed by atoms with Gasteiger partial charge in [-0.1, -0.05) is 29.8 Å². The lowest BCUT2D eigenvalue weighted by atomic mass is 10.1. The average Bonchev–Trinajstić information content (AvgIpc) is 3.25. The van der Waals surface area contributed by atoms with Gasteiger partial charge in [-0.3, -0.25) is 9.48 Å². The summed E-state index contributed by atoms with van der Waals surface area (Å²) in [6.45, 7) is 9.41. The summed E-state index contributed by atoms with van der Waals surface area (Å²) in [5.74, 6) is -0.608. The summed E-state index contributed by atoms with van der Waals surface area (Å²) >= 11 is 0. The smallest absolute Gasteiger partial charge is 0.342 e. The van der Waals surface area contributed by atoms with Crippen LogP contribution >= 0.6 is 0 Å². The van der Waals surface area contributed by atoms with Crippen molar-refractivity contribution in [2.75, 3.05) is 13.1 Å². The van der Waals surface area contributed by atoms with E-state index in [9.17, 15) is 9.59 Å². The number of hydrogen-bond acceptors (Lipinski definition) is 4. The van der Waals surface area contributed by atoms with Crippen molar-refractivity contribution < 1.29 is 14.3 Å². The summed E-state index contributed by atoms with van der Waals surface area (Å²) in [6, 6.07) is 8.23. The molecule has 0 saturated carbocycles. The molecule has 3 rings (SSSR count). The van der Waals surface area contributed by atoms with E-state index in [4.69, 9.17) is 4.74 Å². The second-order valence-electron chi connectivity index (χ2n) is 7.27. The predicted octanol–water partition coefficient (Wildman–Crippen LogP) is 3.02. The third-order valence-electron chi connectivity index (χ3n) is 5.09. The predicted molar refractivity (Wildman–Crippen MR) is 103 cm³/mol. The zero-order chi connectivity index (χ0) is 19.6. The average molecular weight is 369 g/mol. The normalized spacial score (nSPS) is 15.0. The summed E-state index contributed by atoms with van der Waals surface area (Å²) in [7, 11) is 0. The lowest BCUT2D eigenvalue weighted by molar-refractivity contribution is -0.138. The Morgan fingerprint density at radius 1 is 1.11 bits per heavy atom. The summed E-state index contributed by atoms with van der Waals surface area (Å²) < 4.78 is 7.28. The number of aromatic nitrogens is 2. The molecule has 1 saturated heterocycles. The monoisotopic (exact) mass is 369 g/mol. The third kappa shape index (κ3) is 4.21. The molecule has 27 heavy (non-hydrogen) atoms. The molecule has 6 heteroatoms. The van der Waals surface area contributed by atoms with Crippen molar-refractivity contribution in [3.8, 4) is 0 Å². The number of rotatable bonds is 5. The van der Waals surface area contributed by atoms with Gasteiger partial charge in [0.15, 0.2) is 6.10 Å². The van der Waals surface area contributed by atoms with Crippen LogP contribution in [0.25, 0.3) is 0 Å². The lowest BCUT2D eigenvalue weighted by Crippen LogP contribution is -2.38. The van der Waals surface area contributed by atoms with Crippen molar-refractivity contribution in [2.45, 2.75) is 53.2 Å². The number of carbonyl (C=O) groups excluding carboxylic acids is 2. The minimum Gasteiger partial charge on any atom is -0.449 e. The van der Waals surface area contributed by atoms with Crippen LogP contribution in [0.5, 0.6) is 0 Å². The van der Waals surface area contributed by atoms with Gasteiger partial charge in [-0.15, -0.1) is 0 Å². The van der Waals surface area contributed by atoms with Gasteiger partial charge in [0.05, 0.1) is 17.9 Å². The first kappa shape index (κ1) is 19.1. The van der Waals surface area contributed by atoms with Crippen LogP contribution in [0.15, 0.2) is 24.3 Å². The lowest BCUT2D eigenvalue weighted by Gasteiger charge is -2.20. The molecular weight excluding hydrogens is 342 g/mol. The molecule has 0 spiro atoms. The van der Waals surface area contributed by atoms with Crippen molar-refractivity contribution in [3.63, 3.8) is 0 Å². The highest BCUT2D eigenvalue weighted by atomic mass is 16.5. The topological polar surface area (TPSA) is 64.4 Å². The first-order valence-electron chi connectivity index (χ1n) is 9.46. The van der Waals surface area contributed by atoms with Gasteiger partial charge in [0.1, 0.15) is 5.56 Å². The summed E-state index contributed by atoms with van der Waals surface area (Å²) in [4.78, 5) is 26.8. The number of nitrogens with zero attached hydrogens (tertiary/aromatic N) is 3. The number of esters is 1. The molecule has 0 N–H and O–H groups in total. The number of hydrogen-bond donors (Lipinski definition) is 0. The molecule has 1 aromatic carbocycles. The maximum atomic E-state index is 12.7. The zero-order valence-corrected chi connectivity index (χ0v) is 16.5. The van der Waals surface area contributed by atoms with Gasteiger partial charge in [0.2, 0.25) is 0 Å². The van der Waals surface area contributed by atoms with E-state index in [-0.39, 0.29) is 5.91 Å². The molecule has 2 heterocycles. The Bertz CT molecular complexity index is 833. The molecule has 0 bridgehead atoms. The van der Waals surface area contributed by atoms with E-state index in [0.29, 0.717) is 17.8 Å². The van der Waals surface area contributed by atoms with Crippen LogP contribution in [-0.4, -0.2) is 45.8 Å². The van der Waals surface area contributed by atoms with E-state index in [1.165, 1.54) is 5.56 Å². The molecular formula is C21H27N3O3. The Morgan fingerprint density at radius 3 is 2.37 bits per heavy atom. The quantitative estimate of drug-likeness (QED) is 0.760. The molecule has 0 aliphatic carbocycles. The van der Waals surface area contributed by atoms with Crippen LogP contribution in [-0.2, 0) is 16.1 Å². The molecule has 1 aliphatic rings. The molecule has 2 aromatic rings. The molecule has 0 unspecified atom stereocenters.